The summed E-state index contributed by atoms with van der Waals surface area (Å²) in [4.78, 5) is 22.4. The molecule has 16 heavy (non-hydrogen) atoms. The summed E-state index contributed by atoms with van der Waals surface area (Å²) in [6.45, 7) is 3.87. The normalized spacial score (nSPS) is 9.62. The predicted octanol–water partition coefficient (Wildman–Crippen LogP) is 1.75. The van der Waals surface area contributed by atoms with Gasteiger partial charge in [-0.15, -0.1) is 0 Å². The molecule has 0 heterocycles. The lowest BCUT2D eigenvalue weighted by Gasteiger charge is -2.05. The number of anilines is 1. The van der Waals surface area contributed by atoms with Crippen LogP contribution in [0.15, 0.2) is 24.3 Å². The first-order valence-electron chi connectivity index (χ1n) is 5.24. The number of carbonyl (C=O) groups is 2. The smallest absolute Gasteiger partial charge is 0.397 e. The highest BCUT2D eigenvalue weighted by atomic mass is 16.5. The molecule has 0 unspecified atom stereocenters. The maximum Gasteiger partial charge on any atom is 0.397 e. The monoisotopic (exact) mass is 221 g/mol. The number of esters is 1. The van der Waals surface area contributed by atoms with Gasteiger partial charge in [0, 0.05) is 5.69 Å². The summed E-state index contributed by atoms with van der Waals surface area (Å²) in [7, 11) is 0. The molecule has 86 valence electrons. The van der Waals surface area contributed by atoms with Crippen LogP contribution in [0.1, 0.15) is 19.4 Å². The van der Waals surface area contributed by atoms with Gasteiger partial charge in [-0.25, -0.2) is 4.79 Å². The molecule has 1 aromatic rings. The Morgan fingerprint density at radius 3 is 2.69 bits per heavy atom. The number of carbonyl (C=O) groups excluding carboxylic acids is 2. The van der Waals surface area contributed by atoms with Crippen molar-refractivity contribution >= 4 is 17.6 Å². The maximum atomic E-state index is 11.3. The molecular weight excluding hydrogens is 206 g/mol. The van der Waals surface area contributed by atoms with Gasteiger partial charge in [-0.1, -0.05) is 19.1 Å². The number of benzene rings is 1. The van der Waals surface area contributed by atoms with Crippen LogP contribution in [0.2, 0.25) is 0 Å². The molecule has 0 fully saturated rings. The summed E-state index contributed by atoms with van der Waals surface area (Å²) in [6.07, 6.45) is 0.878. The summed E-state index contributed by atoms with van der Waals surface area (Å²) in [6, 6.07) is 7.35. The van der Waals surface area contributed by atoms with Gasteiger partial charge in [0.15, 0.2) is 0 Å². The number of aryl methyl sites for hydroxylation is 1. The molecule has 0 radical (unpaired) electrons. The number of amides is 1. The van der Waals surface area contributed by atoms with E-state index in [1.54, 1.807) is 13.0 Å². The van der Waals surface area contributed by atoms with Crippen LogP contribution < -0.4 is 5.32 Å². The largest absolute Gasteiger partial charge is 0.459 e. The highest BCUT2D eigenvalue weighted by molar-refractivity contribution is 6.37. The molecule has 0 spiro atoms. The molecule has 1 aromatic carbocycles. The fourth-order valence-electron chi connectivity index (χ4n) is 1.25. The Morgan fingerprint density at radius 1 is 1.31 bits per heavy atom. The first kappa shape index (κ1) is 12.2. The summed E-state index contributed by atoms with van der Waals surface area (Å²) in [5, 5.41) is 2.49. The van der Waals surface area contributed by atoms with E-state index < -0.39 is 11.9 Å². The molecule has 0 saturated heterocycles. The van der Waals surface area contributed by atoms with Crippen LogP contribution in [0, 0.1) is 0 Å². The van der Waals surface area contributed by atoms with Gasteiger partial charge in [-0.05, 0) is 31.0 Å². The molecule has 0 aliphatic carbocycles. The Kier molecular flexibility index (Phi) is 4.51. The van der Waals surface area contributed by atoms with Crippen molar-refractivity contribution in [2.45, 2.75) is 20.3 Å². The SMILES string of the molecule is CCOC(=O)C(=O)Nc1cccc(CC)c1. The molecule has 1 N–H and O–H groups in total. The zero-order chi connectivity index (χ0) is 12.0. The average molecular weight is 221 g/mol. The molecule has 4 heteroatoms. The number of nitrogens with one attached hydrogen (secondary N) is 1. The quantitative estimate of drug-likeness (QED) is 0.625. The molecule has 0 aliphatic rings. The minimum Gasteiger partial charge on any atom is -0.459 e. The van der Waals surface area contributed by atoms with E-state index in [1.165, 1.54) is 0 Å². The van der Waals surface area contributed by atoms with Crippen LogP contribution in [0.3, 0.4) is 0 Å². The Labute approximate surface area is 94.6 Å². The summed E-state index contributed by atoms with van der Waals surface area (Å²) >= 11 is 0. The van der Waals surface area contributed by atoms with E-state index in [2.05, 4.69) is 10.1 Å². The van der Waals surface area contributed by atoms with Crippen LogP contribution in [0.5, 0.6) is 0 Å². The van der Waals surface area contributed by atoms with Crippen molar-refractivity contribution in [3.05, 3.63) is 29.8 Å². The van der Waals surface area contributed by atoms with Crippen LogP contribution in [0.4, 0.5) is 5.69 Å². The Morgan fingerprint density at radius 2 is 2.06 bits per heavy atom. The first-order valence-corrected chi connectivity index (χ1v) is 5.24. The average Bonchev–Trinajstić information content (AvgIpc) is 2.29. The van der Waals surface area contributed by atoms with E-state index in [9.17, 15) is 9.59 Å². The third-order valence-electron chi connectivity index (χ3n) is 2.05. The molecule has 4 nitrogen and oxygen atoms in total. The summed E-state index contributed by atoms with van der Waals surface area (Å²) in [5.74, 6) is -1.60. The summed E-state index contributed by atoms with van der Waals surface area (Å²) < 4.78 is 4.58. The van der Waals surface area contributed by atoms with Crippen molar-refractivity contribution in [1.29, 1.82) is 0 Å². The number of hydrogen-bond donors (Lipinski definition) is 1. The van der Waals surface area contributed by atoms with Crippen LogP contribution in [0.25, 0.3) is 0 Å². The third kappa shape index (κ3) is 3.38. The van der Waals surface area contributed by atoms with Crippen molar-refractivity contribution in [1.82, 2.24) is 0 Å². The zero-order valence-corrected chi connectivity index (χ0v) is 9.45. The van der Waals surface area contributed by atoms with Gasteiger partial charge in [-0.3, -0.25) is 4.79 Å². The second-order valence-electron chi connectivity index (χ2n) is 3.23. The minimum atomic E-state index is -0.857. The molecule has 1 amide bonds. The highest BCUT2D eigenvalue weighted by Crippen LogP contribution is 2.10. The maximum absolute atomic E-state index is 11.3. The van der Waals surface area contributed by atoms with Crippen LogP contribution in [-0.2, 0) is 20.7 Å². The topological polar surface area (TPSA) is 55.4 Å². The van der Waals surface area contributed by atoms with Gasteiger partial charge in [-0.2, -0.15) is 0 Å². The third-order valence-corrected chi connectivity index (χ3v) is 2.05. The molecule has 0 saturated carbocycles. The van der Waals surface area contributed by atoms with Crippen molar-refractivity contribution < 1.29 is 14.3 Å². The van der Waals surface area contributed by atoms with E-state index >= 15 is 0 Å². The number of rotatable bonds is 3. The number of ether oxygens (including phenoxy) is 1. The van der Waals surface area contributed by atoms with E-state index in [0.29, 0.717) is 5.69 Å². The predicted molar refractivity (Wildman–Crippen MR) is 61.1 cm³/mol. The van der Waals surface area contributed by atoms with Gasteiger partial charge in [0.2, 0.25) is 0 Å². The second kappa shape index (κ2) is 5.90. The van der Waals surface area contributed by atoms with Crippen molar-refractivity contribution in [2.75, 3.05) is 11.9 Å². The van der Waals surface area contributed by atoms with Crippen molar-refractivity contribution in [2.24, 2.45) is 0 Å². The van der Waals surface area contributed by atoms with Gasteiger partial charge < -0.3 is 10.1 Å². The van der Waals surface area contributed by atoms with E-state index in [4.69, 9.17) is 0 Å². The Balaban J connectivity index is 2.65. The van der Waals surface area contributed by atoms with E-state index in [1.807, 2.05) is 25.1 Å². The van der Waals surface area contributed by atoms with Crippen LogP contribution in [-0.4, -0.2) is 18.5 Å². The fourth-order valence-corrected chi connectivity index (χ4v) is 1.25. The van der Waals surface area contributed by atoms with Crippen LogP contribution >= 0.6 is 0 Å². The van der Waals surface area contributed by atoms with Gasteiger partial charge >= 0.3 is 11.9 Å². The highest BCUT2D eigenvalue weighted by Gasteiger charge is 2.14. The van der Waals surface area contributed by atoms with Gasteiger partial charge in [0.25, 0.3) is 0 Å². The molecule has 0 atom stereocenters. The molecule has 0 aliphatic heterocycles. The zero-order valence-electron chi connectivity index (χ0n) is 9.45. The molecule has 0 aromatic heterocycles. The lowest BCUT2D eigenvalue weighted by Crippen LogP contribution is -2.24. The molecular formula is C12H15NO3. The fraction of sp³-hybridized carbons (Fsp3) is 0.333. The molecule has 1 rings (SSSR count). The standard InChI is InChI=1S/C12H15NO3/c1-3-9-6-5-7-10(8-9)13-11(14)12(15)16-4-2/h5-8H,3-4H2,1-2H3,(H,13,14). The Bertz CT molecular complexity index is 388. The van der Waals surface area contributed by atoms with Crippen molar-refractivity contribution in [3.63, 3.8) is 0 Å². The summed E-state index contributed by atoms with van der Waals surface area (Å²) in [5.41, 5.74) is 1.71. The molecule has 0 bridgehead atoms. The van der Waals surface area contributed by atoms with Gasteiger partial charge in [0.1, 0.15) is 0 Å². The lowest BCUT2D eigenvalue weighted by molar-refractivity contribution is -0.152. The Hall–Kier alpha value is -1.84. The van der Waals surface area contributed by atoms with E-state index in [0.717, 1.165) is 12.0 Å². The minimum absolute atomic E-state index is 0.196. The number of hydrogen-bond acceptors (Lipinski definition) is 3. The first-order chi connectivity index (χ1) is 7.67. The van der Waals surface area contributed by atoms with Crippen molar-refractivity contribution in [3.8, 4) is 0 Å². The van der Waals surface area contributed by atoms with Gasteiger partial charge in [0.05, 0.1) is 6.61 Å². The van der Waals surface area contributed by atoms with E-state index in [-0.39, 0.29) is 6.61 Å². The second-order valence-corrected chi connectivity index (χ2v) is 3.23. The lowest BCUT2D eigenvalue weighted by atomic mass is 10.1.